The number of hydrogen-bond acceptors (Lipinski definition) is 1. The summed E-state index contributed by atoms with van der Waals surface area (Å²) in [5.41, 5.74) is 0.930. The van der Waals surface area contributed by atoms with Crippen molar-refractivity contribution in [3.05, 3.63) is 33.8 Å². The van der Waals surface area contributed by atoms with Crippen LogP contribution in [-0.4, -0.2) is 23.4 Å². The summed E-state index contributed by atoms with van der Waals surface area (Å²) < 4.78 is 0. The van der Waals surface area contributed by atoms with E-state index in [9.17, 15) is 4.79 Å². The first-order valence-corrected chi connectivity index (χ1v) is 9.12. The maximum absolute atomic E-state index is 12.8. The molecule has 0 N–H and O–H groups in total. The Labute approximate surface area is 141 Å². The largest absolute Gasteiger partial charge is 0.339 e. The molecular formula is C18H21Cl2NO. The lowest BCUT2D eigenvalue weighted by Gasteiger charge is -2.31. The van der Waals surface area contributed by atoms with E-state index < -0.39 is 0 Å². The van der Waals surface area contributed by atoms with E-state index in [0.717, 1.165) is 30.4 Å². The van der Waals surface area contributed by atoms with Gasteiger partial charge in [-0.05, 0) is 61.6 Å². The van der Waals surface area contributed by atoms with Crippen LogP contribution in [0.25, 0.3) is 0 Å². The predicted molar refractivity (Wildman–Crippen MR) is 89.2 cm³/mol. The molecule has 4 heteroatoms. The van der Waals surface area contributed by atoms with Crippen molar-refractivity contribution in [1.29, 1.82) is 0 Å². The van der Waals surface area contributed by atoms with Crippen LogP contribution < -0.4 is 0 Å². The zero-order valence-corrected chi connectivity index (χ0v) is 14.1. The summed E-state index contributed by atoms with van der Waals surface area (Å²) in [6.45, 7) is 0.916. The van der Waals surface area contributed by atoms with Gasteiger partial charge in [0.2, 0.25) is 5.91 Å². The second-order valence-electron chi connectivity index (χ2n) is 7.16. The van der Waals surface area contributed by atoms with Gasteiger partial charge in [-0.3, -0.25) is 4.79 Å². The van der Waals surface area contributed by atoms with E-state index in [4.69, 9.17) is 23.2 Å². The Balaban J connectivity index is 1.48. The molecule has 1 heterocycles. The van der Waals surface area contributed by atoms with Crippen molar-refractivity contribution < 1.29 is 4.79 Å². The highest BCUT2D eigenvalue weighted by Gasteiger charge is 2.46. The monoisotopic (exact) mass is 337 g/mol. The maximum atomic E-state index is 12.8. The third-order valence-corrected chi connectivity index (χ3v) is 6.67. The minimum absolute atomic E-state index is 0.0523. The van der Waals surface area contributed by atoms with Gasteiger partial charge in [-0.25, -0.2) is 0 Å². The Morgan fingerprint density at radius 3 is 2.50 bits per heavy atom. The quantitative estimate of drug-likeness (QED) is 0.790. The third kappa shape index (κ3) is 2.45. The zero-order valence-electron chi connectivity index (χ0n) is 12.6. The first-order valence-electron chi connectivity index (χ1n) is 8.37. The fraction of sp³-hybridized carbons (Fsp3) is 0.611. The van der Waals surface area contributed by atoms with Crippen LogP contribution in [0.2, 0.25) is 10.0 Å². The summed E-state index contributed by atoms with van der Waals surface area (Å²) in [5.74, 6) is 2.02. The second kappa shape index (κ2) is 5.72. The van der Waals surface area contributed by atoms with Crippen molar-refractivity contribution in [3.8, 4) is 0 Å². The van der Waals surface area contributed by atoms with Gasteiger partial charge in [0.15, 0.2) is 0 Å². The summed E-state index contributed by atoms with van der Waals surface area (Å²) in [6.07, 6.45) is 6.89. The normalized spacial score (nSPS) is 33.9. The lowest BCUT2D eigenvalue weighted by atomic mass is 9.93. The Morgan fingerprint density at radius 2 is 1.86 bits per heavy atom. The van der Waals surface area contributed by atoms with Gasteiger partial charge in [-0.15, -0.1) is 0 Å². The highest BCUT2D eigenvalue weighted by Crippen LogP contribution is 2.48. The molecule has 118 valence electrons. The van der Waals surface area contributed by atoms with Gasteiger partial charge in [0.1, 0.15) is 0 Å². The molecule has 2 nitrogen and oxygen atoms in total. The smallest absolute Gasteiger partial charge is 0.226 e. The number of hydrogen-bond donors (Lipinski definition) is 0. The van der Waals surface area contributed by atoms with E-state index in [1.54, 1.807) is 0 Å². The van der Waals surface area contributed by atoms with Crippen LogP contribution >= 0.6 is 23.2 Å². The molecular weight excluding hydrogens is 317 g/mol. The molecule has 3 aliphatic rings. The van der Waals surface area contributed by atoms with E-state index in [2.05, 4.69) is 4.90 Å². The number of halogens is 2. The molecule has 1 aliphatic heterocycles. The Bertz CT molecular complexity index is 582. The SMILES string of the molecule is O=C1C(Cc2c(Cl)cccc2Cl)CCN1[C@@H]1C[C@H]2CC[C@@H]1C2. The van der Waals surface area contributed by atoms with Crippen LogP contribution in [-0.2, 0) is 11.2 Å². The average molecular weight is 338 g/mol. The number of rotatable bonds is 3. The Hall–Kier alpha value is -0.730. The molecule has 4 rings (SSSR count). The molecule has 1 aromatic carbocycles. The van der Waals surface area contributed by atoms with Gasteiger partial charge in [-0.1, -0.05) is 35.7 Å². The van der Waals surface area contributed by atoms with Crippen molar-refractivity contribution in [2.45, 2.75) is 44.6 Å². The minimum Gasteiger partial charge on any atom is -0.339 e. The van der Waals surface area contributed by atoms with Gasteiger partial charge in [0.25, 0.3) is 0 Å². The first kappa shape index (κ1) is 14.8. The van der Waals surface area contributed by atoms with Crippen molar-refractivity contribution in [3.63, 3.8) is 0 Å². The minimum atomic E-state index is 0.0523. The summed E-state index contributed by atoms with van der Waals surface area (Å²) in [6, 6.07) is 6.08. The highest BCUT2D eigenvalue weighted by atomic mass is 35.5. The average Bonchev–Trinajstić information content (AvgIpc) is 3.19. The standard InChI is InChI=1S/C18H21Cl2NO/c19-15-2-1-3-16(20)14(15)10-13-6-7-21(18(13)22)17-9-11-4-5-12(17)8-11/h1-3,11-13,17H,4-10H2/t11-,12+,13?,17+/m0/s1. The molecule has 1 saturated heterocycles. The third-order valence-electron chi connectivity index (χ3n) is 5.96. The number of amides is 1. The molecule has 2 bridgehead atoms. The van der Waals surface area contributed by atoms with Gasteiger partial charge in [0, 0.05) is 28.5 Å². The van der Waals surface area contributed by atoms with Crippen molar-refractivity contribution >= 4 is 29.1 Å². The molecule has 1 amide bonds. The molecule has 3 fully saturated rings. The molecule has 1 aromatic rings. The number of nitrogens with zero attached hydrogens (tertiary/aromatic N) is 1. The fourth-order valence-electron chi connectivity index (χ4n) is 4.85. The van der Waals surface area contributed by atoms with Gasteiger partial charge >= 0.3 is 0 Å². The molecule has 0 radical (unpaired) electrons. The number of benzene rings is 1. The Kier molecular flexibility index (Phi) is 3.86. The number of likely N-dealkylation sites (tertiary alicyclic amines) is 1. The van der Waals surface area contributed by atoms with Crippen LogP contribution in [0.5, 0.6) is 0 Å². The molecule has 22 heavy (non-hydrogen) atoms. The number of fused-ring (bicyclic) bond motifs is 2. The van der Waals surface area contributed by atoms with E-state index in [1.165, 1.54) is 25.7 Å². The van der Waals surface area contributed by atoms with Crippen LogP contribution in [0, 0.1) is 17.8 Å². The lowest BCUT2D eigenvalue weighted by Crippen LogP contribution is -2.41. The van der Waals surface area contributed by atoms with E-state index in [-0.39, 0.29) is 5.92 Å². The van der Waals surface area contributed by atoms with Crippen LogP contribution in [0.3, 0.4) is 0 Å². The van der Waals surface area contributed by atoms with Crippen molar-refractivity contribution in [1.82, 2.24) is 4.90 Å². The molecule has 1 unspecified atom stereocenters. The number of carbonyl (C=O) groups excluding carboxylic acids is 1. The summed E-state index contributed by atoms with van der Waals surface area (Å²) in [7, 11) is 0. The van der Waals surface area contributed by atoms with Crippen LogP contribution in [0.15, 0.2) is 18.2 Å². The van der Waals surface area contributed by atoms with Crippen molar-refractivity contribution in [2.75, 3.05) is 6.54 Å². The molecule has 4 atom stereocenters. The maximum Gasteiger partial charge on any atom is 0.226 e. The summed E-state index contributed by atoms with van der Waals surface area (Å²) in [4.78, 5) is 15.0. The predicted octanol–water partition coefficient (Wildman–Crippen LogP) is 4.57. The van der Waals surface area contributed by atoms with Gasteiger partial charge in [0.05, 0.1) is 0 Å². The zero-order chi connectivity index (χ0) is 15.3. The molecule has 0 spiro atoms. The summed E-state index contributed by atoms with van der Waals surface area (Å²) >= 11 is 12.5. The second-order valence-corrected chi connectivity index (χ2v) is 7.98. The van der Waals surface area contributed by atoms with Gasteiger partial charge < -0.3 is 4.90 Å². The molecule has 0 aromatic heterocycles. The molecule has 2 saturated carbocycles. The fourth-order valence-corrected chi connectivity index (χ4v) is 5.40. The van der Waals surface area contributed by atoms with E-state index >= 15 is 0 Å². The Morgan fingerprint density at radius 1 is 1.09 bits per heavy atom. The highest BCUT2D eigenvalue weighted by molar-refractivity contribution is 6.36. The first-order chi connectivity index (χ1) is 10.6. The van der Waals surface area contributed by atoms with E-state index in [1.807, 2.05) is 18.2 Å². The topological polar surface area (TPSA) is 20.3 Å². The van der Waals surface area contributed by atoms with Crippen LogP contribution in [0.1, 0.15) is 37.7 Å². The number of carbonyl (C=O) groups is 1. The molecule has 2 aliphatic carbocycles. The lowest BCUT2D eigenvalue weighted by molar-refractivity contribution is -0.133. The van der Waals surface area contributed by atoms with Gasteiger partial charge in [-0.2, -0.15) is 0 Å². The van der Waals surface area contributed by atoms with Crippen molar-refractivity contribution in [2.24, 2.45) is 17.8 Å². The van der Waals surface area contributed by atoms with Crippen LogP contribution in [0.4, 0.5) is 0 Å². The summed E-state index contributed by atoms with van der Waals surface area (Å²) in [5, 5.41) is 1.36. The van der Waals surface area contributed by atoms with E-state index in [0.29, 0.717) is 28.4 Å².